The van der Waals surface area contributed by atoms with E-state index in [0.717, 1.165) is 5.56 Å². The number of rotatable bonds is 7. The summed E-state index contributed by atoms with van der Waals surface area (Å²) in [5.41, 5.74) is 5.86. The molecule has 0 atom stereocenters. The molecule has 0 aliphatic carbocycles. The summed E-state index contributed by atoms with van der Waals surface area (Å²) in [6.45, 7) is 0.301. The van der Waals surface area contributed by atoms with Crippen molar-refractivity contribution in [3.63, 3.8) is 0 Å². The van der Waals surface area contributed by atoms with E-state index in [1.807, 2.05) is 24.3 Å². The standard InChI is InChI=1S/C22H20ClN3O4S2/c1-30-17-8-2-5-14(11-17)12-18-21(29)26(22(31)32-18)10-4-9-19(27)24-25-20(28)15-6-3-7-16(23)13-15/h2-3,5-8,11-13H,4,9-10H2,1H3,(H,24,27)(H,25,28)/b18-12+. The molecule has 3 rings (SSSR count). The minimum Gasteiger partial charge on any atom is -0.497 e. The SMILES string of the molecule is COc1cccc(/C=C2/SC(=S)N(CCCC(=O)NNC(=O)c3cccc(Cl)c3)C2=O)c1. The largest absolute Gasteiger partial charge is 0.497 e. The Kier molecular flexibility index (Phi) is 8.26. The third-order valence-electron chi connectivity index (χ3n) is 4.45. The van der Waals surface area contributed by atoms with Gasteiger partial charge in [-0.1, -0.05) is 53.8 Å². The van der Waals surface area contributed by atoms with Crippen LogP contribution in [0.1, 0.15) is 28.8 Å². The number of nitrogens with one attached hydrogen (secondary N) is 2. The van der Waals surface area contributed by atoms with Crippen LogP contribution >= 0.6 is 35.6 Å². The minimum absolute atomic E-state index is 0.113. The third kappa shape index (κ3) is 6.32. The lowest BCUT2D eigenvalue weighted by Gasteiger charge is -2.14. The van der Waals surface area contributed by atoms with E-state index < -0.39 is 5.91 Å². The molecule has 2 N–H and O–H groups in total. The maximum atomic E-state index is 12.7. The summed E-state index contributed by atoms with van der Waals surface area (Å²) >= 11 is 12.4. The second kappa shape index (κ2) is 11.1. The monoisotopic (exact) mass is 489 g/mol. The second-order valence-electron chi connectivity index (χ2n) is 6.73. The van der Waals surface area contributed by atoms with Crippen LogP contribution in [0.15, 0.2) is 53.4 Å². The average molecular weight is 490 g/mol. The minimum atomic E-state index is -0.472. The van der Waals surface area contributed by atoms with Gasteiger partial charge in [0, 0.05) is 23.6 Å². The predicted molar refractivity (Wildman–Crippen MR) is 129 cm³/mol. The molecule has 1 aliphatic rings. The van der Waals surface area contributed by atoms with Gasteiger partial charge in [-0.15, -0.1) is 0 Å². The summed E-state index contributed by atoms with van der Waals surface area (Å²) in [5.74, 6) is -0.349. The molecule has 1 saturated heterocycles. The molecular weight excluding hydrogens is 470 g/mol. The first kappa shape index (κ1) is 23.8. The molecule has 32 heavy (non-hydrogen) atoms. The third-order valence-corrected chi connectivity index (χ3v) is 6.07. The van der Waals surface area contributed by atoms with Crippen molar-refractivity contribution >= 4 is 63.7 Å². The van der Waals surface area contributed by atoms with Gasteiger partial charge in [0.1, 0.15) is 10.1 Å². The Morgan fingerprint density at radius 3 is 2.72 bits per heavy atom. The van der Waals surface area contributed by atoms with Crippen LogP contribution in [0.4, 0.5) is 0 Å². The first-order chi connectivity index (χ1) is 15.4. The average Bonchev–Trinajstić information content (AvgIpc) is 3.04. The summed E-state index contributed by atoms with van der Waals surface area (Å²) < 4.78 is 5.65. The number of thiocarbonyl (C=S) groups is 1. The molecule has 0 bridgehead atoms. The number of methoxy groups -OCH3 is 1. The quantitative estimate of drug-likeness (QED) is 0.349. The zero-order chi connectivity index (χ0) is 23.1. The van der Waals surface area contributed by atoms with E-state index in [1.54, 1.807) is 31.4 Å². The van der Waals surface area contributed by atoms with E-state index in [-0.39, 0.29) is 18.2 Å². The molecule has 1 heterocycles. The van der Waals surface area contributed by atoms with Gasteiger partial charge in [-0.2, -0.15) is 0 Å². The normalized spacial score (nSPS) is 14.6. The summed E-state index contributed by atoms with van der Waals surface area (Å²) in [5, 5.41) is 0.424. The van der Waals surface area contributed by atoms with Gasteiger partial charge in [-0.25, -0.2) is 0 Å². The molecule has 166 valence electrons. The van der Waals surface area contributed by atoms with Gasteiger partial charge in [-0.05, 0) is 48.4 Å². The van der Waals surface area contributed by atoms with Crippen molar-refractivity contribution < 1.29 is 19.1 Å². The fourth-order valence-corrected chi connectivity index (χ4v) is 4.36. The van der Waals surface area contributed by atoms with Crippen LogP contribution in [-0.2, 0) is 9.59 Å². The number of carbonyl (C=O) groups is 3. The number of halogens is 1. The Morgan fingerprint density at radius 2 is 1.97 bits per heavy atom. The van der Waals surface area contributed by atoms with Crippen LogP contribution in [0.5, 0.6) is 5.75 Å². The Balaban J connectivity index is 1.47. The number of carbonyl (C=O) groups excluding carboxylic acids is 3. The van der Waals surface area contributed by atoms with E-state index in [9.17, 15) is 14.4 Å². The Hall–Kier alpha value is -2.88. The second-order valence-corrected chi connectivity index (χ2v) is 8.84. The van der Waals surface area contributed by atoms with Gasteiger partial charge in [0.15, 0.2) is 0 Å². The van der Waals surface area contributed by atoms with Crippen molar-refractivity contribution in [1.82, 2.24) is 15.8 Å². The lowest BCUT2D eigenvalue weighted by atomic mass is 10.2. The maximum Gasteiger partial charge on any atom is 0.269 e. The van der Waals surface area contributed by atoms with E-state index in [4.69, 9.17) is 28.6 Å². The molecule has 0 aromatic heterocycles. The van der Waals surface area contributed by atoms with Gasteiger partial charge in [-0.3, -0.25) is 30.1 Å². The first-order valence-corrected chi connectivity index (χ1v) is 11.2. The molecule has 7 nitrogen and oxygen atoms in total. The van der Waals surface area contributed by atoms with Crippen LogP contribution in [0.25, 0.3) is 6.08 Å². The molecule has 0 radical (unpaired) electrons. The molecule has 0 saturated carbocycles. The van der Waals surface area contributed by atoms with Crippen LogP contribution in [-0.4, -0.2) is 40.6 Å². The topological polar surface area (TPSA) is 87.7 Å². The maximum absolute atomic E-state index is 12.7. The van der Waals surface area contributed by atoms with Crippen molar-refractivity contribution in [3.05, 3.63) is 69.6 Å². The highest BCUT2D eigenvalue weighted by Gasteiger charge is 2.31. The van der Waals surface area contributed by atoms with E-state index in [0.29, 0.717) is 38.5 Å². The highest BCUT2D eigenvalue weighted by molar-refractivity contribution is 8.26. The molecule has 0 unspecified atom stereocenters. The summed E-state index contributed by atoms with van der Waals surface area (Å²) in [6, 6.07) is 13.7. The Bertz CT molecular complexity index is 1090. The van der Waals surface area contributed by atoms with E-state index in [1.165, 1.54) is 22.7 Å². The summed E-state index contributed by atoms with van der Waals surface area (Å²) in [4.78, 5) is 38.7. The number of hydrazine groups is 1. The van der Waals surface area contributed by atoms with Crippen molar-refractivity contribution in [3.8, 4) is 5.75 Å². The van der Waals surface area contributed by atoms with Gasteiger partial charge in [0.25, 0.3) is 11.8 Å². The van der Waals surface area contributed by atoms with Gasteiger partial charge >= 0.3 is 0 Å². The van der Waals surface area contributed by atoms with Crippen LogP contribution < -0.4 is 15.6 Å². The first-order valence-electron chi connectivity index (χ1n) is 9.61. The summed E-state index contributed by atoms with van der Waals surface area (Å²) in [7, 11) is 1.58. The van der Waals surface area contributed by atoms with Crippen LogP contribution in [0, 0.1) is 0 Å². The highest BCUT2D eigenvalue weighted by Crippen LogP contribution is 2.33. The smallest absolute Gasteiger partial charge is 0.269 e. The Labute approximate surface area is 200 Å². The summed E-state index contributed by atoms with van der Waals surface area (Å²) in [6.07, 6.45) is 2.26. The molecule has 1 aliphatic heterocycles. The number of hydrogen-bond acceptors (Lipinski definition) is 6. The zero-order valence-electron chi connectivity index (χ0n) is 17.1. The number of ether oxygens (including phenoxy) is 1. The molecule has 2 aromatic carbocycles. The van der Waals surface area contributed by atoms with E-state index in [2.05, 4.69) is 10.9 Å². The fraction of sp³-hybridized carbons (Fsp3) is 0.182. The molecular formula is C22H20ClN3O4S2. The number of benzene rings is 2. The van der Waals surface area contributed by atoms with E-state index >= 15 is 0 Å². The predicted octanol–water partition coefficient (Wildman–Crippen LogP) is 3.79. The molecule has 1 fully saturated rings. The molecule has 3 amide bonds. The molecule has 2 aromatic rings. The molecule has 0 spiro atoms. The van der Waals surface area contributed by atoms with Gasteiger partial charge < -0.3 is 4.74 Å². The lowest BCUT2D eigenvalue weighted by Crippen LogP contribution is -2.41. The van der Waals surface area contributed by atoms with Crippen LogP contribution in [0.3, 0.4) is 0 Å². The fourth-order valence-electron chi connectivity index (χ4n) is 2.86. The Morgan fingerprint density at radius 1 is 1.19 bits per heavy atom. The zero-order valence-corrected chi connectivity index (χ0v) is 19.5. The molecule has 10 heteroatoms. The van der Waals surface area contributed by atoms with Crippen LogP contribution in [0.2, 0.25) is 5.02 Å². The van der Waals surface area contributed by atoms with Crippen molar-refractivity contribution in [2.45, 2.75) is 12.8 Å². The van der Waals surface area contributed by atoms with Gasteiger partial charge in [0.05, 0.1) is 12.0 Å². The number of amides is 3. The van der Waals surface area contributed by atoms with Gasteiger partial charge in [0.2, 0.25) is 5.91 Å². The van der Waals surface area contributed by atoms with Crippen molar-refractivity contribution in [2.75, 3.05) is 13.7 Å². The number of hydrogen-bond donors (Lipinski definition) is 2. The highest BCUT2D eigenvalue weighted by atomic mass is 35.5. The number of nitrogens with zero attached hydrogens (tertiary/aromatic N) is 1. The number of thioether (sulfide) groups is 1. The van der Waals surface area contributed by atoms with Crippen molar-refractivity contribution in [2.24, 2.45) is 0 Å². The van der Waals surface area contributed by atoms with Crippen molar-refractivity contribution in [1.29, 1.82) is 0 Å². The lowest BCUT2D eigenvalue weighted by molar-refractivity contribution is -0.124.